The van der Waals surface area contributed by atoms with Crippen LogP contribution in [0, 0.1) is 6.92 Å². The highest BCUT2D eigenvalue weighted by atomic mass is 16.5. The minimum atomic E-state index is -0.449. The molecule has 0 saturated heterocycles. The summed E-state index contributed by atoms with van der Waals surface area (Å²) in [6.45, 7) is 1.74. The number of pyridine rings is 1. The first kappa shape index (κ1) is 16.9. The van der Waals surface area contributed by atoms with Gasteiger partial charge in [0.25, 0.3) is 17.5 Å². The summed E-state index contributed by atoms with van der Waals surface area (Å²) in [6.07, 6.45) is 1.49. The van der Waals surface area contributed by atoms with E-state index in [0.29, 0.717) is 28.1 Å². The summed E-state index contributed by atoms with van der Waals surface area (Å²) in [7, 11) is 0. The van der Waals surface area contributed by atoms with E-state index in [2.05, 4.69) is 25.7 Å². The average Bonchev–Trinajstić information content (AvgIpc) is 3.49. The van der Waals surface area contributed by atoms with E-state index in [0.717, 1.165) is 5.56 Å². The summed E-state index contributed by atoms with van der Waals surface area (Å²) in [5, 5.41) is 14.8. The zero-order valence-electron chi connectivity index (χ0n) is 15.1. The summed E-state index contributed by atoms with van der Waals surface area (Å²) >= 11 is 0. The molecule has 0 radical (unpaired) electrons. The van der Waals surface area contributed by atoms with E-state index < -0.39 is 5.91 Å². The molecule has 0 atom stereocenters. The van der Waals surface area contributed by atoms with Gasteiger partial charge in [0, 0.05) is 5.56 Å². The van der Waals surface area contributed by atoms with Crippen LogP contribution in [0.4, 0.5) is 6.01 Å². The van der Waals surface area contributed by atoms with Gasteiger partial charge in [-0.3, -0.25) is 10.1 Å². The van der Waals surface area contributed by atoms with Crippen LogP contribution in [-0.2, 0) is 0 Å². The second-order valence-corrected chi connectivity index (χ2v) is 6.21. The van der Waals surface area contributed by atoms with E-state index in [9.17, 15) is 4.79 Å². The topological polar surface area (TPSA) is 120 Å². The largest absolute Gasteiger partial charge is 0.459 e. The molecular weight excluding hydrogens is 374 g/mol. The average molecular weight is 387 g/mol. The number of anilines is 1. The molecule has 0 aliphatic heterocycles. The molecule has 0 fully saturated rings. The van der Waals surface area contributed by atoms with Crippen molar-refractivity contribution in [2.45, 2.75) is 6.92 Å². The number of nitrogens with one attached hydrogen (secondary N) is 1. The molecule has 5 aromatic rings. The lowest BCUT2D eigenvalue weighted by Crippen LogP contribution is -2.13. The maximum atomic E-state index is 13.0. The molecule has 29 heavy (non-hydrogen) atoms. The van der Waals surface area contributed by atoms with Crippen LogP contribution in [0.15, 0.2) is 68.2 Å². The van der Waals surface area contributed by atoms with E-state index in [1.807, 2.05) is 30.3 Å². The number of furan rings is 1. The minimum absolute atomic E-state index is 0.0540. The van der Waals surface area contributed by atoms with Gasteiger partial charge in [0.05, 0.1) is 28.6 Å². The van der Waals surface area contributed by atoms with Crippen LogP contribution < -0.4 is 5.32 Å². The molecule has 1 N–H and O–H groups in total. The van der Waals surface area contributed by atoms with Gasteiger partial charge in [-0.25, -0.2) is 4.98 Å². The van der Waals surface area contributed by atoms with Crippen molar-refractivity contribution >= 4 is 23.0 Å². The third-order valence-electron chi connectivity index (χ3n) is 4.31. The number of fused-ring (bicyclic) bond motifs is 1. The maximum Gasteiger partial charge on any atom is 0.322 e. The molecule has 0 spiro atoms. The molecule has 0 saturated carbocycles. The van der Waals surface area contributed by atoms with E-state index in [-0.39, 0.29) is 17.6 Å². The molecule has 9 heteroatoms. The molecule has 0 aliphatic rings. The Morgan fingerprint density at radius 1 is 1.07 bits per heavy atom. The van der Waals surface area contributed by atoms with Gasteiger partial charge < -0.3 is 13.4 Å². The zero-order chi connectivity index (χ0) is 19.8. The Kier molecular flexibility index (Phi) is 3.91. The lowest BCUT2D eigenvalue weighted by Gasteiger charge is -2.06. The van der Waals surface area contributed by atoms with Crippen molar-refractivity contribution in [2.75, 3.05) is 5.32 Å². The predicted molar refractivity (Wildman–Crippen MR) is 102 cm³/mol. The Morgan fingerprint density at radius 3 is 2.72 bits per heavy atom. The van der Waals surface area contributed by atoms with Gasteiger partial charge in [-0.15, -0.1) is 5.10 Å². The molecule has 1 amide bonds. The number of hydrogen-bond donors (Lipinski definition) is 1. The van der Waals surface area contributed by atoms with Crippen molar-refractivity contribution in [1.29, 1.82) is 0 Å². The highest BCUT2D eigenvalue weighted by Crippen LogP contribution is 2.28. The number of nitrogens with zero attached hydrogens (tertiary/aromatic N) is 4. The number of carbonyl (C=O) groups is 1. The van der Waals surface area contributed by atoms with Crippen LogP contribution in [0.5, 0.6) is 0 Å². The van der Waals surface area contributed by atoms with Gasteiger partial charge in [-0.1, -0.05) is 40.6 Å². The normalized spacial score (nSPS) is 11.1. The van der Waals surface area contributed by atoms with Gasteiger partial charge in [-0.2, -0.15) is 0 Å². The lowest BCUT2D eigenvalue weighted by molar-refractivity contribution is 0.102. The Labute approximate surface area is 163 Å². The second kappa shape index (κ2) is 6.71. The quantitative estimate of drug-likeness (QED) is 0.489. The standard InChI is InChI=1S/C20H13N5O4/c1-11-16-13(10-14(21-19(16)29-25-11)12-6-3-2-4-7-12)17(26)22-20-24-23-18(28-20)15-8-5-9-27-15/h2-10H,1H3,(H,22,24,26). The Morgan fingerprint density at radius 2 is 1.93 bits per heavy atom. The summed E-state index contributed by atoms with van der Waals surface area (Å²) < 4.78 is 16.0. The number of amides is 1. The number of aryl methyl sites for hydroxylation is 1. The first-order valence-electron chi connectivity index (χ1n) is 8.70. The number of aromatic nitrogens is 4. The second-order valence-electron chi connectivity index (χ2n) is 6.21. The fourth-order valence-electron chi connectivity index (χ4n) is 2.97. The highest BCUT2D eigenvalue weighted by Gasteiger charge is 2.21. The van der Waals surface area contributed by atoms with Gasteiger partial charge >= 0.3 is 6.01 Å². The van der Waals surface area contributed by atoms with E-state index in [1.165, 1.54) is 6.26 Å². The van der Waals surface area contributed by atoms with Crippen LogP contribution in [-0.4, -0.2) is 26.2 Å². The third-order valence-corrected chi connectivity index (χ3v) is 4.31. The minimum Gasteiger partial charge on any atom is -0.459 e. The molecule has 9 nitrogen and oxygen atoms in total. The predicted octanol–water partition coefficient (Wildman–Crippen LogP) is 4.09. The van der Waals surface area contributed by atoms with Crippen molar-refractivity contribution in [3.8, 4) is 22.9 Å². The van der Waals surface area contributed by atoms with E-state index in [1.54, 1.807) is 25.1 Å². The molecule has 0 aliphatic carbocycles. The molecule has 142 valence electrons. The number of hydrogen-bond acceptors (Lipinski definition) is 8. The Balaban J connectivity index is 1.53. The molecule has 4 heterocycles. The van der Waals surface area contributed by atoms with E-state index in [4.69, 9.17) is 13.4 Å². The Bertz CT molecular complexity index is 1310. The van der Waals surface area contributed by atoms with E-state index >= 15 is 0 Å². The summed E-state index contributed by atoms with van der Waals surface area (Å²) in [6, 6.07) is 14.5. The van der Waals surface area contributed by atoms with Crippen molar-refractivity contribution in [3.63, 3.8) is 0 Å². The number of carbonyl (C=O) groups excluding carboxylic acids is 1. The highest BCUT2D eigenvalue weighted by molar-refractivity contribution is 6.12. The maximum absolute atomic E-state index is 13.0. The smallest absolute Gasteiger partial charge is 0.322 e. The van der Waals surface area contributed by atoms with Crippen molar-refractivity contribution < 1.29 is 18.2 Å². The SMILES string of the molecule is Cc1noc2nc(-c3ccccc3)cc(C(=O)Nc3nnc(-c4ccco4)o3)c12. The third kappa shape index (κ3) is 3.04. The van der Waals surface area contributed by atoms with Crippen molar-refractivity contribution in [3.05, 3.63) is 66.1 Å². The molecule has 4 aromatic heterocycles. The van der Waals surface area contributed by atoms with Crippen molar-refractivity contribution in [1.82, 2.24) is 20.3 Å². The van der Waals surface area contributed by atoms with Crippen LogP contribution >= 0.6 is 0 Å². The van der Waals surface area contributed by atoms with Gasteiger partial charge in [0.2, 0.25) is 0 Å². The lowest BCUT2D eigenvalue weighted by atomic mass is 10.1. The molecule has 5 rings (SSSR count). The first-order valence-corrected chi connectivity index (χ1v) is 8.70. The fraction of sp³-hybridized carbons (Fsp3) is 0.0500. The van der Waals surface area contributed by atoms with Crippen LogP contribution in [0.1, 0.15) is 16.1 Å². The van der Waals surface area contributed by atoms with Crippen molar-refractivity contribution in [2.24, 2.45) is 0 Å². The zero-order valence-corrected chi connectivity index (χ0v) is 15.1. The van der Waals surface area contributed by atoms with Crippen LogP contribution in [0.25, 0.3) is 34.0 Å². The van der Waals surface area contributed by atoms with Crippen LogP contribution in [0.2, 0.25) is 0 Å². The fourth-order valence-corrected chi connectivity index (χ4v) is 2.97. The first-order chi connectivity index (χ1) is 14.2. The monoisotopic (exact) mass is 387 g/mol. The number of benzene rings is 1. The summed E-state index contributed by atoms with van der Waals surface area (Å²) in [5.74, 6) is 0.123. The molecule has 0 unspecified atom stereocenters. The number of rotatable bonds is 4. The van der Waals surface area contributed by atoms with Gasteiger partial charge in [0.1, 0.15) is 0 Å². The van der Waals surface area contributed by atoms with Gasteiger partial charge in [-0.05, 0) is 25.1 Å². The Hall–Kier alpha value is -4.27. The van der Waals surface area contributed by atoms with Crippen LogP contribution in [0.3, 0.4) is 0 Å². The summed E-state index contributed by atoms with van der Waals surface area (Å²) in [5.41, 5.74) is 2.59. The summed E-state index contributed by atoms with van der Waals surface area (Å²) in [4.78, 5) is 17.5. The van der Waals surface area contributed by atoms with Gasteiger partial charge in [0.15, 0.2) is 5.76 Å². The molecule has 0 bridgehead atoms. The molecule has 1 aromatic carbocycles. The molecular formula is C20H13N5O4.